The number of nitrogens with one attached hydrogen (secondary N) is 1. The first-order valence-electron chi connectivity index (χ1n) is 16.5. The van der Waals surface area contributed by atoms with Crippen molar-refractivity contribution in [1.29, 1.82) is 0 Å². The molecule has 6 rings (SSSR count). The second kappa shape index (κ2) is 13.8. The molecule has 48 heavy (non-hydrogen) atoms. The minimum atomic E-state index is -4.38. The number of piperidine rings is 1. The highest BCUT2D eigenvalue weighted by Gasteiger charge is 2.45. The van der Waals surface area contributed by atoms with Crippen LogP contribution in [0.15, 0.2) is 77.7 Å². The molecule has 8 nitrogen and oxygen atoms in total. The molecule has 0 bridgehead atoms. The van der Waals surface area contributed by atoms with Gasteiger partial charge in [-0.05, 0) is 85.5 Å². The Morgan fingerprint density at radius 3 is 2.27 bits per heavy atom. The van der Waals surface area contributed by atoms with E-state index in [4.69, 9.17) is 4.74 Å². The Hall–Kier alpha value is -3.45. The van der Waals surface area contributed by atoms with Crippen molar-refractivity contribution in [2.45, 2.75) is 55.3 Å². The number of carbonyl (C=O) groups is 1. The predicted molar refractivity (Wildman–Crippen MR) is 177 cm³/mol. The average Bonchev–Trinajstić information content (AvgIpc) is 3.52. The zero-order valence-electron chi connectivity index (χ0n) is 27.0. The molecule has 0 aliphatic carbocycles. The topological polar surface area (TPSA) is 99.2 Å². The Kier molecular flexibility index (Phi) is 9.90. The number of aliphatic hydroxyl groups excluding tert-OH is 1. The van der Waals surface area contributed by atoms with Crippen LogP contribution in [0.4, 0.5) is 18.9 Å². The summed E-state index contributed by atoms with van der Waals surface area (Å²) in [5, 5.41) is 12.9. The number of halogens is 3. The first-order chi connectivity index (χ1) is 22.9. The zero-order chi connectivity index (χ0) is 34.1. The largest absolute Gasteiger partial charge is 0.416 e. The highest BCUT2D eigenvalue weighted by atomic mass is 32.2. The molecule has 3 saturated heterocycles. The Morgan fingerprint density at radius 1 is 1.02 bits per heavy atom. The lowest BCUT2D eigenvalue weighted by Gasteiger charge is -2.44. The fourth-order valence-electron chi connectivity index (χ4n) is 7.21. The van der Waals surface area contributed by atoms with Gasteiger partial charge < -0.3 is 25.0 Å². The molecule has 0 saturated carbocycles. The first kappa shape index (κ1) is 34.4. The van der Waals surface area contributed by atoms with Crippen LogP contribution in [0.25, 0.3) is 0 Å². The molecule has 1 spiro atoms. The summed E-state index contributed by atoms with van der Waals surface area (Å²) in [6.07, 6.45) is -1.52. The quantitative estimate of drug-likeness (QED) is 0.294. The normalized spacial score (nSPS) is 22.0. The van der Waals surface area contributed by atoms with Gasteiger partial charge in [-0.1, -0.05) is 31.2 Å². The molecule has 3 aromatic carbocycles. The molecule has 12 heteroatoms. The van der Waals surface area contributed by atoms with Gasteiger partial charge in [-0.2, -0.15) is 13.2 Å². The minimum Gasteiger partial charge on any atom is -0.394 e. The van der Waals surface area contributed by atoms with Crippen LogP contribution in [0.3, 0.4) is 0 Å². The third-order valence-electron chi connectivity index (χ3n) is 10.2. The monoisotopic (exact) mass is 685 g/mol. The maximum Gasteiger partial charge on any atom is 0.416 e. The molecule has 258 valence electrons. The number of aliphatic hydroxyl groups is 1. The molecule has 1 unspecified atom stereocenters. The summed E-state index contributed by atoms with van der Waals surface area (Å²) in [4.78, 5) is 18.3. The number of benzene rings is 3. The van der Waals surface area contributed by atoms with E-state index in [9.17, 15) is 31.5 Å². The predicted octanol–water partition coefficient (Wildman–Crippen LogP) is 5.44. The third-order valence-corrected chi connectivity index (χ3v) is 11.9. The highest BCUT2D eigenvalue weighted by molar-refractivity contribution is 7.91. The van der Waals surface area contributed by atoms with Crippen molar-refractivity contribution in [1.82, 2.24) is 10.2 Å². The van der Waals surface area contributed by atoms with Crippen molar-refractivity contribution in [2.24, 2.45) is 5.41 Å². The van der Waals surface area contributed by atoms with Crippen LogP contribution >= 0.6 is 0 Å². The number of rotatable bonds is 10. The van der Waals surface area contributed by atoms with Crippen LogP contribution in [-0.4, -0.2) is 82.1 Å². The molecule has 3 aliphatic rings. The summed E-state index contributed by atoms with van der Waals surface area (Å²) in [7, 11) is -3.37. The van der Waals surface area contributed by atoms with Crippen LogP contribution in [0.2, 0.25) is 0 Å². The van der Waals surface area contributed by atoms with Gasteiger partial charge in [0.15, 0.2) is 9.84 Å². The number of sulfone groups is 1. The van der Waals surface area contributed by atoms with Crippen LogP contribution in [-0.2, 0) is 20.8 Å². The van der Waals surface area contributed by atoms with Crippen LogP contribution in [0, 0.1) is 5.41 Å². The molecular formula is C36H42F3N3O5S. The number of alkyl halides is 3. The summed E-state index contributed by atoms with van der Waals surface area (Å²) in [6.45, 7) is 6.35. The standard InChI is InChI=1S/C36H42F3N3O5S/c1-2-48(45,46)32-15-8-26(9-16-32)33(21-43)40-34(44)27-5-12-30(13-6-27)42-19-28(25-3-10-29(11-4-25)36(37,38)39)7-14-31(42)20-41-18-17-35(22-41)23-47-24-35/h3-6,8-13,15-16,28,31,33,43H,2,7,14,17-24H2,1H3,(H,40,44)/t28?,31-,33-/m0/s1. The molecule has 0 aromatic heterocycles. The summed E-state index contributed by atoms with van der Waals surface area (Å²) in [5.74, 6) is -0.348. The Balaban J connectivity index is 1.17. The number of nitrogens with zero attached hydrogens (tertiary/aromatic N) is 2. The van der Waals surface area contributed by atoms with Crippen molar-refractivity contribution < 1.29 is 36.2 Å². The molecule has 3 aliphatic heterocycles. The minimum absolute atomic E-state index is 0.0230. The molecule has 3 fully saturated rings. The highest BCUT2D eigenvalue weighted by Crippen LogP contribution is 2.40. The molecule has 3 aromatic rings. The molecule has 0 radical (unpaired) electrons. The van der Waals surface area contributed by atoms with E-state index in [1.807, 2.05) is 12.1 Å². The van der Waals surface area contributed by atoms with E-state index in [2.05, 4.69) is 15.1 Å². The van der Waals surface area contributed by atoms with E-state index in [1.54, 1.807) is 43.3 Å². The third kappa shape index (κ3) is 7.41. The number of carbonyl (C=O) groups excluding carboxylic acids is 1. The van der Waals surface area contributed by atoms with Gasteiger partial charge in [-0.15, -0.1) is 0 Å². The molecular weight excluding hydrogens is 643 g/mol. The van der Waals surface area contributed by atoms with E-state index >= 15 is 0 Å². The fourth-order valence-corrected chi connectivity index (χ4v) is 8.10. The Bertz CT molecular complexity index is 1680. The van der Waals surface area contributed by atoms with Gasteiger partial charge >= 0.3 is 6.18 Å². The summed E-state index contributed by atoms with van der Waals surface area (Å²) >= 11 is 0. The second-order valence-corrected chi connectivity index (χ2v) is 15.7. The Labute approximate surface area is 279 Å². The number of amides is 1. The number of hydrogen-bond acceptors (Lipinski definition) is 7. The van der Waals surface area contributed by atoms with Crippen LogP contribution < -0.4 is 10.2 Å². The van der Waals surface area contributed by atoms with E-state index in [0.717, 1.165) is 75.5 Å². The summed E-state index contributed by atoms with van der Waals surface area (Å²) in [5.41, 5.74) is 2.41. The molecule has 3 heterocycles. The van der Waals surface area contributed by atoms with Gasteiger partial charge in [0.25, 0.3) is 5.91 Å². The lowest BCUT2D eigenvalue weighted by Crippen LogP contribution is -2.50. The van der Waals surface area contributed by atoms with Crippen LogP contribution in [0.5, 0.6) is 0 Å². The van der Waals surface area contributed by atoms with Gasteiger partial charge in [0.1, 0.15) is 0 Å². The van der Waals surface area contributed by atoms with E-state index in [1.165, 1.54) is 12.1 Å². The van der Waals surface area contributed by atoms with Gasteiger partial charge in [0.2, 0.25) is 0 Å². The zero-order valence-corrected chi connectivity index (χ0v) is 27.8. The van der Waals surface area contributed by atoms with Crippen LogP contribution in [0.1, 0.15) is 65.2 Å². The van der Waals surface area contributed by atoms with Gasteiger partial charge in [-0.3, -0.25) is 4.79 Å². The average molecular weight is 686 g/mol. The summed E-state index contributed by atoms with van der Waals surface area (Å²) < 4.78 is 69.5. The molecule has 2 N–H and O–H groups in total. The summed E-state index contributed by atoms with van der Waals surface area (Å²) in [6, 6.07) is 18.4. The number of ether oxygens (including phenoxy) is 1. The first-order valence-corrected chi connectivity index (χ1v) is 18.1. The van der Waals surface area contributed by atoms with Gasteiger partial charge in [0, 0.05) is 48.3 Å². The molecule has 1 amide bonds. The Morgan fingerprint density at radius 2 is 1.71 bits per heavy atom. The smallest absolute Gasteiger partial charge is 0.394 e. The van der Waals surface area contributed by atoms with Gasteiger partial charge in [0.05, 0.1) is 42.1 Å². The maximum absolute atomic E-state index is 13.2. The maximum atomic E-state index is 13.2. The van der Waals surface area contributed by atoms with Crippen molar-refractivity contribution >= 4 is 21.4 Å². The molecule has 3 atom stereocenters. The number of hydrogen-bond donors (Lipinski definition) is 2. The lowest BCUT2D eigenvalue weighted by molar-refractivity contribution is -0.137. The van der Waals surface area contributed by atoms with E-state index in [-0.39, 0.29) is 40.5 Å². The van der Waals surface area contributed by atoms with E-state index in [0.29, 0.717) is 17.7 Å². The number of anilines is 1. The van der Waals surface area contributed by atoms with Crippen molar-refractivity contribution in [3.05, 3.63) is 95.1 Å². The van der Waals surface area contributed by atoms with Gasteiger partial charge in [-0.25, -0.2) is 8.42 Å². The van der Waals surface area contributed by atoms with Crippen molar-refractivity contribution in [2.75, 3.05) is 56.7 Å². The SMILES string of the molecule is CCS(=O)(=O)c1ccc([C@H](CO)NC(=O)c2ccc(N3CC(c4ccc(C(F)(F)F)cc4)CC[C@H]3CN3CCC4(COC4)C3)cc2)cc1. The van der Waals surface area contributed by atoms with Crippen molar-refractivity contribution in [3.63, 3.8) is 0 Å². The van der Waals surface area contributed by atoms with Crippen molar-refractivity contribution in [3.8, 4) is 0 Å². The lowest BCUT2D eigenvalue weighted by atomic mass is 9.85. The number of likely N-dealkylation sites (tertiary alicyclic amines) is 1. The second-order valence-electron chi connectivity index (χ2n) is 13.4. The fraction of sp³-hybridized carbons (Fsp3) is 0.472. The van der Waals surface area contributed by atoms with E-state index < -0.39 is 27.6 Å².